The van der Waals surface area contributed by atoms with Crippen LogP contribution in [0.15, 0.2) is 84.9 Å². The Morgan fingerprint density at radius 2 is 1.45 bits per heavy atom. The van der Waals surface area contributed by atoms with Crippen molar-refractivity contribution in [2.24, 2.45) is 0 Å². The van der Waals surface area contributed by atoms with Crippen LogP contribution in [0.4, 0.5) is 10.1 Å². The molecular formula is C34H41FN2O3. The first-order valence-electron chi connectivity index (χ1n) is 14.2. The lowest BCUT2D eigenvalue weighted by Gasteiger charge is -2.18. The lowest BCUT2D eigenvalue weighted by atomic mass is 9.96. The average molecular weight is 545 g/mol. The summed E-state index contributed by atoms with van der Waals surface area (Å²) in [4.78, 5) is 13.9. The zero-order valence-corrected chi connectivity index (χ0v) is 23.9. The Bertz CT molecular complexity index is 1340. The second kappa shape index (κ2) is 15.2. The number of para-hydroxylation sites is 1. The van der Waals surface area contributed by atoms with Crippen LogP contribution in [0.2, 0.25) is 0 Å². The number of nitrogens with zero attached hydrogens (tertiary/aromatic N) is 1. The summed E-state index contributed by atoms with van der Waals surface area (Å²) in [6.45, 7) is 8.33. The highest BCUT2D eigenvalue weighted by Gasteiger charge is 2.28. The molecule has 0 aliphatic carbocycles. The minimum absolute atomic E-state index is 0.226. The van der Waals surface area contributed by atoms with E-state index in [4.69, 9.17) is 0 Å². The number of carbonyl (C=O) groups excluding carboxylic acids is 1. The van der Waals surface area contributed by atoms with Gasteiger partial charge in [0.2, 0.25) is 0 Å². The van der Waals surface area contributed by atoms with Gasteiger partial charge in [-0.25, -0.2) is 4.39 Å². The largest absolute Gasteiger partial charge is 0.393 e. The van der Waals surface area contributed by atoms with Gasteiger partial charge in [0, 0.05) is 23.5 Å². The molecule has 0 spiro atoms. The molecule has 212 valence electrons. The summed E-state index contributed by atoms with van der Waals surface area (Å²) in [5.41, 5.74) is 5.31. The van der Waals surface area contributed by atoms with Crippen molar-refractivity contribution in [1.29, 1.82) is 0 Å². The van der Waals surface area contributed by atoms with Crippen molar-refractivity contribution < 1.29 is 19.4 Å². The molecule has 2 atom stereocenters. The van der Waals surface area contributed by atoms with Gasteiger partial charge in [0.15, 0.2) is 0 Å². The van der Waals surface area contributed by atoms with Gasteiger partial charge in [0.1, 0.15) is 5.82 Å². The monoisotopic (exact) mass is 544 g/mol. The van der Waals surface area contributed by atoms with Gasteiger partial charge in [0.25, 0.3) is 5.91 Å². The molecule has 1 heterocycles. The minimum Gasteiger partial charge on any atom is -0.393 e. The molecule has 0 aliphatic rings. The number of aromatic nitrogens is 1. The Hall–Kier alpha value is -3.74. The van der Waals surface area contributed by atoms with Crippen molar-refractivity contribution in [2.75, 3.05) is 5.32 Å². The fourth-order valence-electron chi connectivity index (χ4n) is 4.91. The molecule has 40 heavy (non-hydrogen) atoms. The summed E-state index contributed by atoms with van der Waals surface area (Å²) >= 11 is 0. The number of benzene rings is 3. The summed E-state index contributed by atoms with van der Waals surface area (Å²) in [5, 5.41) is 23.8. The van der Waals surface area contributed by atoms with Crippen LogP contribution in [0.25, 0.3) is 22.4 Å². The van der Waals surface area contributed by atoms with Crippen LogP contribution in [0.3, 0.4) is 0 Å². The molecule has 3 aromatic carbocycles. The maximum Gasteiger partial charge on any atom is 0.258 e. The lowest BCUT2D eigenvalue weighted by molar-refractivity contribution is 0.0712. The second-order valence-electron chi connectivity index (χ2n) is 9.48. The van der Waals surface area contributed by atoms with E-state index >= 15 is 0 Å². The van der Waals surface area contributed by atoms with Crippen LogP contribution < -0.4 is 5.32 Å². The van der Waals surface area contributed by atoms with Gasteiger partial charge in [-0.3, -0.25) is 4.79 Å². The van der Waals surface area contributed by atoms with Crippen LogP contribution in [0, 0.1) is 5.82 Å². The molecule has 0 fully saturated rings. The van der Waals surface area contributed by atoms with E-state index in [0.29, 0.717) is 37.1 Å². The summed E-state index contributed by atoms with van der Waals surface area (Å²) in [6.07, 6.45) is 0.582. The van der Waals surface area contributed by atoms with E-state index < -0.39 is 12.2 Å². The Morgan fingerprint density at radius 3 is 2.02 bits per heavy atom. The van der Waals surface area contributed by atoms with Crippen LogP contribution in [-0.2, 0) is 13.0 Å². The van der Waals surface area contributed by atoms with Gasteiger partial charge in [-0.2, -0.15) is 0 Å². The number of hydrogen-bond acceptors (Lipinski definition) is 3. The molecule has 3 N–H and O–H groups in total. The fraction of sp³-hybridized carbons (Fsp3) is 0.324. The first kappa shape index (κ1) is 30.8. The molecule has 5 nitrogen and oxygen atoms in total. The third-order valence-corrected chi connectivity index (χ3v) is 6.85. The molecule has 0 radical (unpaired) electrons. The average Bonchev–Trinajstić information content (AvgIpc) is 3.32. The third kappa shape index (κ3) is 7.46. The van der Waals surface area contributed by atoms with Gasteiger partial charge >= 0.3 is 0 Å². The van der Waals surface area contributed by atoms with Gasteiger partial charge < -0.3 is 20.1 Å². The number of hydrogen-bond donors (Lipinski definition) is 3. The Balaban J connectivity index is 0.00000216. The number of halogens is 1. The first-order valence-corrected chi connectivity index (χ1v) is 14.2. The van der Waals surface area contributed by atoms with Gasteiger partial charge in [-0.1, -0.05) is 76.2 Å². The number of aliphatic hydroxyl groups is 2. The summed E-state index contributed by atoms with van der Waals surface area (Å²) in [6, 6.07) is 25.4. The molecule has 0 aliphatic heterocycles. The van der Waals surface area contributed by atoms with E-state index in [1.807, 2.05) is 88.4 Å². The molecule has 4 rings (SSSR count). The molecule has 0 saturated carbocycles. The van der Waals surface area contributed by atoms with Crippen LogP contribution >= 0.6 is 0 Å². The number of aliphatic hydroxyl groups excluding tert-OH is 2. The topological polar surface area (TPSA) is 74.5 Å². The Kier molecular flexibility index (Phi) is 11.7. The first-order chi connectivity index (χ1) is 19.4. The highest BCUT2D eigenvalue weighted by atomic mass is 19.1. The summed E-state index contributed by atoms with van der Waals surface area (Å²) in [7, 11) is 0. The standard InChI is InChI=1S/C32H35FN2O3.C2H6/c1-3-26(36)21-27(37)19-20-35-28(4-2)30(32(38)34-25-13-9-6-10-14-25)29(22-11-7-5-8-12-22)31(35)23-15-17-24(33)18-16-23;1-2/h5-18,26-27,36-37H,3-4,19-21H2,1-2H3,(H,34,38);1-2H3. The highest BCUT2D eigenvalue weighted by molar-refractivity contribution is 6.12. The van der Waals surface area contributed by atoms with Gasteiger partial charge in [-0.05, 0) is 73.2 Å². The normalized spacial score (nSPS) is 12.3. The molecule has 0 bridgehead atoms. The SMILES string of the molecule is CC.CCc1c(C(=O)Nc2ccccc2)c(-c2ccccc2)c(-c2ccc(F)cc2)n1CCC(O)CC(O)CC. The Morgan fingerprint density at radius 1 is 0.850 bits per heavy atom. The van der Waals surface area contributed by atoms with Crippen molar-refractivity contribution in [3.05, 3.63) is 102 Å². The number of carbonyl (C=O) groups is 1. The number of anilines is 1. The van der Waals surface area contributed by atoms with Crippen LogP contribution in [0.5, 0.6) is 0 Å². The van der Waals surface area contributed by atoms with Crippen molar-refractivity contribution >= 4 is 11.6 Å². The van der Waals surface area contributed by atoms with Gasteiger partial charge in [-0.15, -0.1) is 0 Å². The van der Waals surface area contributed by atoms with E-state index in [2.05, 4.69) is 9.88 Å². The smallest absolute Gasteiger partial charge is 0.258 e. The van der Waals surface area contributed by atoms with Crippen LogP contribution in [0.1, 0.15) is 63.0 Å². The zero-order valence-electron chi connectivity index (χ0n) is 23.9. The lowest BCUT2D eigenvalue weighted by Crippen LogP contribution is -2.20. The zero-order chi connectivity index (χ0) is 29.1. The minimum atomic E-state index is -0.695. The van der Waals surface area contributed by atoms with Gasteiger partial charge in [0.05, 0.1) is 23.5 Å². The molecule has 4 aromatic rings. The maximum atomic E-state index is 13.9. The fourth-order valence-corrected chi connectivity index (χ4v) is 4.91. The number of amides is 1. The predicted octanol–water partition coefficient (Wildman–Crippen LogP) is 7.71. The quantitative estimate of drug-likeness (QED) is 0.181. The molecular weight excluding hydrogens is 503 g/mol. The number of nitrogens with one attached hydrogen (secondary N) is 1. The van der Waals surface area contributed by atoms with E-state index in [-0.39, 0.29) is 18.1 Å². The molecule has 2 unspecified atom stereocenters. The summed E-state index contributed by atoms with van der Waals surface area (Å²) in [5.74, 6) is -0.564. The second-order valence-corrected chi connectivity index (χ2v) is 9.48. The van der Waals surface area contributed by atoms with Crippen molar-refractivity contribution in [3.63, 3.8) is 0 Å². The van der Waals surface area contributed by atoms with Crippen LogP contribution in [-0.4, -0.2) is 32.9 Å². The molecule has 0 saturated heterocycles. The van der Waals surface area contributed by atoms with E-state index in [1.54, 1.807) is 12.1 Å². The molecule has 1 amide bonds. The molecule has 1 aromatic heterocycles. The van der Waals surface area contributed by atoms with E-state index in [0.717, 1.165) is 28.1 Å². The molecule has 6 heteroatoms. The number of rotatable bonds is 11. The maximum absolute atomic E-state index is 13.9. The van der Waals surface area contributed by atoms with Crippen molar-refractivity contribution in [2.45, 2.75) is 72.1 Å². The third-order valence-electron chi connectivity index (χ3n) is 6.85. The van der Waals surface area contributed by atoms with E-state index in [1.165, 1.54) is 12.1 Å². The van der Waals surface area contributed by atoms with Crippen molar-refractivity contribution in [1.82, 2.24) is 4.57 Å². The Labute approximate surface area is 237 Å². The van der Waals surface area contributed by atoms with Crippen molar-refractivity contribution in [3.8, 4) is 22.4 Å². The highest BCUT2D eigenvalue weighted by Crippen LogP contribution is 2.40. The predicted molar refractivity (Wildman–Crippen MR) is 162 cm³/mol. The van der Waals surface area contributed by atoms with E-state index in [9.17, 15) is 19.4 Å². The summed E-state index contributed by atoms with van der Waals surface area (Å²) < 4.78 is 16.0.